The Hall–Kier alpha value is -1.65. The lowest BCUT2D eigenvalue weighted by Gasteiger charge is -2.44. The molecule has 4 nitrogen and oxygen atoms in total. The Bertz CT molecular complexity index is 882. The van der Waals surface area contributed by atoms with Gasteiger partial charge in [0, 0.05) is 17.4 Å². The van der Waals surface area contributed by atoms with Gasteiger partial charge in [-0.25, -0.2) is 4.79 Å². The quantitative estimate of drug-likeness (QED) is 0.434. The standard InChI is InChI=1S/C29H42O4/c1-16(14-26-17(2)18(3)28(32)33-26)23-11-12-24-21(8-7-13-29(23,24)6)9-10-22-15-25(30)20(5)27(31)19(22)4/h9-10,16-17,20,23-27,30-31H,3-4,7-8,11-15H2,1-2,5-6H3/b21-9+,22-10-/t16-,17-,20+,23-,24+,25-,26-,27-,29-/m1/s1. The lowest BCUT2D eigenvalue weighted by molar-refractivity contribution is -0.140. The van der Waals surface area contributed by atoms with Crippen molar-refractivity contribution in [2.75, 3.05) is 0 Å². The first-order valence-electron chi connectivity index (χ1n) is 12.9. The van der Waals surface area contributed by atoms with E-state index < -0.39 is 12.2 Å². The monoisotopic (exact) mass is 454 g/mol. The predicted molar refractivity (Wildman–Crippen MR) is 131 cm³/mol. The van der Waals surface area contributed by atoms with Crippen LogP contribution in [-0.2, 0) is 9.53 Å². The molecule has 0 aromatic heterocycles. The number of aliphatic hydroxyl groups excluding tert-OH is 2. The van der Waals surface area contributed by atoms with Crippen molar-refractivity contribution in [1.29, 1.82) is 0 Å². The van der Waals surface area contributed by atoms with Gasteiger partial charge in [0.1, 0.15) is 6.10 Å². The lowest BCUT2D eigenvalue weighted by Crippen LogP contribution is -2.37. The van der Waals surface area contributed by atoms with Crippen molar-refractivity contribution in [3.05, 3.63) is 47.6 Å². The summed E-state index contributed by atoms with van der Waals surface area (Å²) in [7, 11) is 0. The first-order chi connectivity index (χ1) is 15.5. The average molecular weight is 455 g/mol. The summed E-state index contributed by atoms with van der Waals surface area (Å²) >= 11 is 0. The molecule has 9 atom stereocenters. The van der Waals surface area contributed by atoms with Crippen molar-refractivity contribution in [2.24, 2.45) is 35.0 Å². The summed E-state index contributed by atoms with van der Waals surface area (Å²) in [5.41, 5.74) is 4.13. The zero-order valence-corrected chi connectivity index (χ0v) is 20.8. The Kier molecular flexibility index (Phi) is 6.81. The molecule has 0 radical (unpaired) electrons. The Morgan fingerprint density at radius 3 is 2.58 bits per heavy atom. The Morgan fingerprint density at radius 1 is 1.18 bits per heavy atom. The van der Waals surface area contributed by atoms with Crippen molar-refractivity contribution in [3.63, 3.8) is 0 Å². The molecule has 0 spiro atoms. The first-order valence-corrected chi connectivity index (χ1v) is 12.9. The molecule has 182 valence electrons. The van der Waals surface area contributed by atoms with E-state index >= 15 is 0 Å². The molecule has 1 heterocycles. The van der Waals surface area contributed by atoms with E-state index in [0.29, 0.717) is 29.7 Å². The topological polar surface area (TPSA) is 66.8 Å². The van der Waals surface area contributed by atoms with Crippen LogP contribution in [0.4, 0.5) is 0 Å². The van der Waals surface area contributed by atoms with Crippen LogP contribution in [0.1, 0.15) is 72.6 Å². The van der Waals surface area contributed by atoms with Crippen LogP contribution in [-0.4, -0.2) is 34.5 Å². The maximum Gasteiger partial charge on any atom is 0.334 e. The highest BCUT2D eigenvalue weighted by Crippen LogP contribution is 2.60. The van der Waals surface area contributed by atoms with Crippen LogP contribution in [0.15, 0.2) is 47.6 Å². The van der Waals surface area contributed by atoms with E-state index in [2.05, 4.69) is 46.1 Å². The number of carbonyl (C=O) groups is 1. The van der Waals surface area contributed by atoms with Gasteiger partial charge in [0.25, 0.3) is 0 Å². The summed E-state index contributed by atoms with van der Waals surface area (Å²) in [6.45, 7) is 16.8. The molecular formula is C29H42O4. The van der Waals surface area contributed by atoms with Gasteiger partial charge in [-0.15, -0.1) is 0 Å². The molecule has 0 unspecified atom stereocenters. The molecule has 3 aliphatic carbocycles. The third kappa shape index (κ3) is 4.30. The van der Waals surface area contributed by atoms with Gasteiger partial charge in [-0.3, -0.25) is 0 Å². The van der Waals surface area contributed by atoms with E-state index in [1.165, 1.54) is 31.3 Å². The van der Waals surface area contributed by atoms with Gasteiger partial charge in [-0.1, -0.05) is 58.6 Å². The summed E-state index contributed by atoms with van der Waals surface area (Å²) in [6, 6.07) is 0. The predicted octanol–water partition coefficient (Wildman–Crippen LogP) is 5.52. The second-order valence-corrected chi connectivity index (χ2v) is 11.6. The highest BCUT2D eigenvalue weighted by atomic mass is 16.6. The van der Waals surface area contributed by atoms with Crippen molar-refractivity contribution >= 4 is 5.97 Å². The van der Waals surface area contributed by atoms with E-state index in [1.807, 2.05) is 6.92 Å². The highest BCUT2D eigenvalue weighted by Gasteiger charge is 2.51. The fraction of sp³-hybridized carbons (Fsp3) is 0.690. The fourth-order valence-corrected chi connectivity index (χ4v) is 7.37. The van der Waals surface area contributed by atoms with Gasteiger partial charge >= 0.3 is 5.97 Å². The Labute approximate surface area is 199 Å². The largest absolute Gasteiger partial charge is 0.458 e. The highest BCUT2D eigenvalue weighted by molar-refractivity contribution is 5.90. The van der Waals surface area contributed by atoms with Crippen molar-refractivity contribution in [3.8, 4) is 0 Å². The minimum Gasteiger partial charge on any atom is -0.458 e. The molecule has 2 N–H and O–H groups in total. The number of allylic oxidation sites excluding steroid dienone is 3. The number of esters is 1. The van der Waals surface area contributed by atoms with E-state index in [-0.39, 0.29) is 29.3 Å². The second kappa shape index (κ2) is 9.19. The second-order valence-electron chi connectivity index (χ2n) is 11.6. The zero-order valence-electron chi connectivity index (χ0n) is 20.8. The maximum atomic E-state index is 11.9. The molecule has 0 aromatic carbocycles. The van der Waals surface area contributed by atoms with Gasteiger partial charge in [0.2, 0.25) is 0 Å². The molecule has 4 heteroatoms. The molecule has 4 fully saturated rings. The van der Waals surface area contributed by atoms with Crippen molar-refractivity contribution < 1.29 is 19.7 Å². The van der Waals surface area contributed by atoms with Crippen LogP contribution in [0.2, 0.25) is 0 Å². The Balaban J connectivity index is 1.49. The number of rotatable bonds is 4. The van der Waals surface area contributed by atoms with Gasteiger partial charge in [0.15, 0.2) is 0 Å². The molecule has 4 rings (SSSR count). The van der Waals surface area contributed by atoms with Gasteiger partial charge in [-0.2, -0.15) is 0 Å². The first kappa shape index (κ1) is 24.5. The van der Waals surface area contributed by atoms with E-state index in [0.717, 1.165) is 24.0 Å². The summed E-state index contributed by atoms with van der Waals surface area (Å²) in [5.74, 6) is 1.40. The van der Waals surface area contributed by atoms with Crippen LogP contribution in [0.25, 0.3) is 0 Å². The van der Waals surface area contributed by atoms with Gasteiger partial charge < -0.3 is 14.9 Å². The molecule has 3 saturated carbocycles. The molecule has 1 saturated heterocycles. The molecule has 0 amide bonds. The summed E-state index contributed by atoms with van der Waals surface area (Å²) in [5, 5.41) is 20.8. The van der Waals surface area contributed by atoms with Crippen LogP contribution in [0.3, 0.4) is 0 Å². The summed E-state index contributed by atoms with van der Waals surface area (Å²) in [6.07, 6.45) is 10.6. The van der Waals surface area contributed by atoms with Crippen molar-refractivity contribution in [2.45, 2.75) is 91.0 Å². The normalized spacial score (nSPS) is 44.9. The molecule has 0 bridgehead atoms. The Morgan fingerprint density at radius 2 is 1.91 bits per heavy atom. The van der Waals surface area contributed by atoms with Gasteiger partial charge in [-0.05, 0) is 79.3 Å². The van der Waals surface area contributed by atoms with Crippen LogP contribution >= 0.6 is 0 Å². The van der Waals surface area contributed by atoms with Crippen molar-refractivity contribution in [1.82, 2.24) is 0 Å². The number of hydrogen-bond donors (Lipinski definition) is 2. The molecule has 33 heavy (non-hydrogen) atoms. The number of cyclic esters (lactones) is 1. The smallest absolute Gasteiger partial charge is 0.334 e. The lowest BCUT2D eigenvalue weighted by atomic mass is 9.60. The number of fused-ring (bicyclic) bond motifs is 1. The van der Waals surface area contributed by atoms with Gasteiger partial charge in [0.05, 0.1) is 12.2 Å². The SMILES string of the molecule is C=C1C(=O)O[C@H](C[C@@H](C)[C@H]2CC[C@H]3/C(=C/C=C4/C[C@@H](O)[C@H](C)[C@H](O)C4=C)CCC[C@]23C)[C@@H]1C. The minimum absolute atomic E-state index is 0.0384. The zero-order chi connectivity index (χ0) is 24.1. The molecule has 4 aliphatic rings. The number of hydrogen-bond acceptors (Lipinski definition) is 4. The number of carbonyl (C=O) groups excluding carboxylic acids is 1. The molecule has 0 aromatic rings. The number of aliphatic hydroxyl groups is 2. The van der Waals surface area contributed by atoms with Crippen LogP contribution in [0, 0.1) is 35.0 Å². The van der Waals surface area contributed by atoms with E-state index in [1.54, 1.807) is 0 Å². The molecular weight excluding hydrogens is 412 g/mol. The fourth-order valence-electron chi connectivity index (χ4n) is 7.37. The third-order valence-electron chi connectivity index (χ3n) is 9.76. The average Bonchev–Trinajstić information content (AvgIpc) is 3.25. The van der Waals surface area contributed by atoms with E-state index in [4.69, 9.17) is 4.74 Å². The summed E-state index contributed by atoms with van der Waals surface area (Å²) < 4.78 is 5.64. The third-order valence-corrected chi connectivity index (χ3v) is 9.76. The van der Waals surface area contributed by atoms with E-state index in [9.17, 15) is 15.0 Å². The molecule has 1 aliphatic heterocycles. The maximum absolute atomic E-state index is 11.9. The van der Waals surface area contributed by atoms with Crippen LogP contribution in [0.5, 0.6) is 0 Å². The van der Waals surface area contributed by atoms with Crippen LogP contribution < -0.4 is 0 Å². The minimum atomic E-state index is -0.671. The number of ether oxygens (including phenoxy) is 1. The summed E-state index contributed by atoms with van der Waals surface area (Å²) in [4.78, 5) is 11.9.